The summed E-state index contributed by atoms with van der Waals surface area (Å²) in [6.07, 6.45) is 0.824. The number of benzene rings is 6. The van der Waals surface area contributed by atoms with E-state index in [2.05, 4.69) is 147 Å². The summed E-state index contributed by atoms with van der Waals surface area (Å²) in [6, 6.07) is 47.0. The Hall–Kier alpha value is -3.87. The standard InChI is InChI=1S/C37H32O3P2/c1-26(25-27(2)41(30-15-5-3-6-16-30)31-17-7-4-8-18-31)38-42-39-34-23-21-28-13-9-11-19-32(28)36(34)37-33-20-12-10-14-29(33)22-24-35(37)40-42/h3-24,26-27H,25H2,1-2H3/t26-,27+/m0/s1. The zero-order valence-corrected chi connectivity index (χ0v) is 25.5. The number of hydrogen-bond donors (Lipinski definition) is 0. The van der Waals surface area contributed by atoms with Crippen LogP contribution in [-0.2, 0) is 0 Å². The van der Waals surface area contributed by atoms with Crippen molar-refractivity contribution < 1.29 is 12.9 Å². The minimum atomic E-state index is -1.67. The molecule has 0 N–H and O–H groups in total. The predicted octanol–water partition coefficient (Wildman–Crippen LogP) is 10.3. The average Bonchev–Trinajstić information content (AvgIpc) is 3.18. The second-order valence-electron chi connectivity index (χ2n) is 10.8. The molecule has 0 unspecified atom stereocenters. The van der Waals surface area contributed by atoms with Crippen molar-refractivity contribution in [3.63, 3.8) is 0 Å². The van der Waals surface area contributed by atoms with Crippen LogP contribution in [0.15, 0.2) is 142 Å². The number of rotatable bonds is 7. The maximum Gasteiger partial charge on any atom is 0.387 e. The van der Waals surface area contributed by atoms with Gasteiger partial charge in [0, 0.05) is 10.8 Å². The largest absolute Gasteiger partial charge is 0.399 e. The summed E-state index contributed by atoms with van der Waals surface area (Å²) in [5, 5.41) is 9.52. The molecule has 5 heteroatoms. The molecule has 0 fully saturated rings. The third-order valence-electron chi connectivity index (χ3n) is 7.83. The smallest absolute Gasteiger partial charge is 0.387 e. The summed E-state index contributed by atoms with van der Waals surface area (Å²) in [6.45, 7) is 4.49. The highest BCUT2D eigenvalue weighted by atomic mass is 31.1. The minimum Gasteiger partial charge on any atom is -0.399 e. The van der Waals surface area contributed by atoms with Crippen LogP contribution in [0.3, 0.4) is 0 Å². The Bertz CT molecular complexity index is 1900. The van der Waals surface area contributed by atoms with Crippen molar-refractivity contribution in [2.24, 2.45) is 0 Å². The maximum atomic E-state index is 6.63. The summed E-state index contributed by atoms with van der Waals surface area (Å²) in [4.78, 5) is 0. The van der Waals surface area contributed by atoms with Crippen LogP contribution >= 0.6 is 16.2 Å². The second-order valence-corrected chi connectivity index (χ2v) is 14.4. The van der Waals surface area contributed by atoms with Gasteiger partial charge in [-0.15, -0.1) is 0 Å². The van der Waals surface area contributed by atoms with Gasteiger partial charge < -0.3 is 8.39 Å². The van der Waals surface area contributed by atoms with E-state index < -0.39 is 16.2 Å². The van der Waals surface area contributed by atoms with Crippen molar-refractivity contribution in [1.82, 2.24) is 0 Å². The highest BCUT2D eigenvalue weighted by Gasteiger charge is 2.24. The summed E-state index contributed by atoms with van der Waals surface area (Å²) < 4.78 is 19.8. The van der Waals surface area contributed by atoms with E-state index in [1.165, 1.54) is 21.4 Å². The lowest BCUT2D eigenvalue weighted by molar-refractivity contribution is 0.266. The van der Waals surface area contributed by atoms with Crippen LogP contribution in [0.5, 0.6) is 0 Å². The van der Waals surface area contributed by atoms with Crippen molar-refractivity contribution in [2.45, 2.75) is 32.0 Å². The highest BCUT2D eigenvalue weighted by molar-refractivity contribution is 7.73. The molecule has 0 bridgehead atoms. The van der Waals surface area contributed by atoms with E-state index in [4.69, 9.17) is 12.9 Å². The lowest BCUT2D eigenvalue weighted by atomic mass is 9.99. The number of fused-ring (bicyclic) bond motifs is 7. The van der Waals surface area contributed by atoms with Crippen molar-refractivity contribution in [1.29, 1.82) is 0 Å². The van der Waals surface area contributed by atoms with Crippen LogP contribution < -0.4 is 15.1 Å². The molecule has 0 aliphatic heterocycles. The molecule has 208 valence electrons. The Balaban J connectivity index is 1.30. The van der Waals surface area contributed by atoms with Gasteiger partial charge in [-0.3, -0.25) is 4.52 Å². The molecule has 7 rings (SSSR count). The van der Waals surface area contributed by atoms with Gasteiger partial charge >= 0.3 is 8.24 Å². The first kappa shape index (κ1) is 27.0. The molecule has 0 spiro atoms. The van der Waals surface area contributed by atoms with E-state index in [9.17, 15) is 0 Å². The first-order chi connectivity index (χ1) is 20.7. The van der Waals surface area contributed by atoms with Gasteiger partial charge in [0.1, 0.15) is 11.2 Å². The third-order valence-corrected chi connectivity index (χ3v) is 11.9. The van der Waals surface area contributed by atoms with Crippen LogP contribution in [0, 0.1) is 0 Å². The molecular weight excluding hydrogens is 554 g/mol. The van der Waals surface area contributed by atoms with Crippen LogP contribution in [-0.4, -0.2) is 11.8 Å². The molecule has 42 heavy (non-hydrogen) atoms. The zero-order valence-electron chi connectivity index (χ0n) is 23.7. The fraction of sp³-hybridized carbons (Fsp3) is 0.135. The van der Waals surface area contributed by atoms with E-state index >= 15 is 0 Å². The van der Waals surface area contributed by atoms with Gasteiger partial charge in [-0.1, -0.05) is 128 Å². The Morgan fingerprint density at radius 1 is 0.571 bits per heavy atom. The maximum absolute atomic E-state index is 6.63. The molecule has 2 atom stereocenters. The molecule has 0 amide bonds. The first-order valence-corrected chi connectivity index (χ1v) is 16.9. The molecule has 0 aliphatic carbocycles. The Labute approximate surface area is 248 Å². The predicted molar refractivity (Wildman–Crippen MR) is 181 cm³/mol. The normalized spacial score (nSPS) is 13.2. The monoisotopic (exact) mass is 586 g/mol. The van der Waals surface area contributed by atoms with Gasteiger partial charge in [-0.05, 0) is 71.2 Å². The lowest BCUT2D eigenvalue weighted by Crippen LogP contribution is -2.24. The summed E-state index contributed by atoms with van der Waals surface area (Å²) in [5.74, 6) is 0. The summed E-state index contributed by atoms with van der Waals surface area (Å²) in [5.41, 5.74) is 1.99. The van der Waals surface area contributed by atoms with Gasteiger partial charge in [-0.2, -0.15) is 0 Å². The molecule has 7 aromatic rings. The van der Waals surface area contributed by atoms with E-state index in [0.29, 0.717) is 5.66 Å². The minimum absolute atomic E-state index is 0.0607. The van der Waals surface area contributed by atoms with Crippen molar-refractivity contribution in [3.05, 3.63) is 133 Å². The van der Waals surface area contributed by atoms with Gasteiger partial charge in [-0.25, -0.2) is 0 Å². The molecular formula is C37H32O3P2. The van der Waals surface area contributed by atoms with Crippen LogP contribution in [0.2, 0.25) is 0 Å². The quantitative estimate of drug-likeness (QED) is 0.174. The molecule has 1 aromatic heterocycles. The van der Waals surface area contributed by atoms with Crippen LogP contribution in [0.25, 0.3) is 43.5 Å². The SMILES string of the molecule is C[C@H](C[C@H](C)Op1oc2ccc3ccccc3c2c2c(ccc3ccccc32)o1)P(c1ccccc1)c1ccccc1. The molecule has 0 saturated heterocycles. The molecule has 0 saturated carbocycles. The topological polar surface area (TPSA) is 35.5 Å². The van der Waals surface area contributed by atoms with Gasteiger partial charge in [0.25, 0.3) is 0 Å². The Morgan fingerprint density at radius 3 is 1.52 bits per heavy atom. The van der Waals surface area contributed by atoms with Crippen LogP contribution in [0.1, 0.15) is 20.3 Å². The average molecular weight is 587 g/mol. The molecule has 0 aliphatic rings. The van der Waals surface area contributed by atoms with E-state index in [1.54, 1.807) is 0 Å². The first-order valence-electron chi connectivity index (χ1n) is 14.4. The second kappa shape index (κ2) is 11.8. The van der Waals surface area contributed by atoms with Crippen molar-refractivity contribution in [2.75, 3.05) is 0 Å². The van der Waals surface area contributed by atoms with Crippen molar-refractivity contribution >= 4 is 70.3 Å². The Morgan fingerprint density at radius 2 is 1.02 bits per heavy atom. The zero-order chi connectivity index (χ0) is 28.5. The van der Waals surface area contributed by atoms with Crippen LogP contribution in [0.4, 0.5) is 0 Å². The third kappa shape index (κ3) is 5.25. The fourth-order valence-corrected chi connectivity index (χ4v) is 9.94. The molecule has 6 aromatic carbocycles. The van der Waals surface area contributed by atoms with E-state index in [0.717, 1.165) is 39.1 Å². The fourth-order valence-electron chi connectivity index (χ4n) is 6.00. The van der Waals surface area contributed by atoms with Gasteiger partial charge in [0.2, 0.25) is 0 Å². The molecule has 1 heterocycles. The van der Waals surface area contributed by atoms with Gasteiger partial charge in [0.05, 0.1) is 6.10 Å². The molecule has 3 nitrogen and oxygen atoms in total. The summed E-state index contributed by atoms with van der Waals surface area (Å²) in [7, 11) is -2.22. The lowest BCUT2D eigenvalue weighted by Gasteiger charge is -2.27. The van der Waals surface area contributed by atoms with Gasteiger partial charge in [0.15, 0.2) is 0 Å². The highest BCUT2D eigenvalue weighted by Crippen LogP contribution is 2.44. The van der Waals surface area contributed by atoms with Crippen molar-refractivity contribution in [3.8, 4) is 0 Å². The molecule has 0 radical (unpaired) electrons. The Kier molecular flexibility index (Phi) is 7.57. The van der Waals surface area contributed by atoms with E-state index in [1.807, 2.05) is 0 Å². The summed E-state index contributed by atoms with van der Waals surface area (Å²) >= 11 is 0. The van der Waals surface area contributed by atoms with E-state index in [-0.39, 0.29) is 6.10 Å². The number of hydrogen-bond acceptors (Lipinski definition) is 3.